The summed E-state index contributed by atoms with van der Waals surface area (Å²) < 4.78 is 19.4. The topological polar surface area (TPSA) is 88.1 Å². The molecule has 0 unspecified atom stereocenters. The fraction of sp³-hybridized carbons (Fsp3) is 0.414. The number of carbonyl (C=O) groups excluding carboxylic acids is 1. The molecule has 2 fully saturated rings. The number of aromatic amines is 1. The van der Waals surface area contributed by atoms with Crippen LogP contribution >= 0.6 is 0 Å². The molecule has 7 heteroatoms. The van der Waals surface area contributed by atoms with Gasteiger partial charge in [-0.15, -0.1) is 0 Å². The number of fused-ring (bicyclic) bond motifs is 2. The average molecular weight is 488 g/mol. The highest BCUT2D eigenvalue weighted by molar-refractivity contribution is 5.93. The lowest BCUT2D eigenvalue weighted by atomic mass is 9.73. The summed E-state index contributed by atoms with van der Waals surface area (Å²) in [7, 11) is 0. The molecule has 0 bridgehead atoms. The van der Waals surface area contributed by atoms with Crippen LogP contribution in [0.4, 0.5) is 4.39 Å². The van der Waals surface area contributed by atoms with E-state index in [4.69, 9.17) is 9.72 Å². The van der Waals surface area contributed by atoms with Crippen molar-refractivity contribution in [2.24, 2.45) is 5.92 Å². The number of ether oxygens (including phenoxy) is 1. The Morgan fingerprint density at radius 2 is 1.86 bits per heavy atom. The standard InChI is InChI=1S/C29H30FN3O3/c1-16(17-2-4-18(5-3-17)23-10-11-31-25-9-7-20(30)13-24(23)25)28-32-26-8-6-19(12-27(26)33-28)29(35)36-22-14-21(34)15-22/h6-13,16-18,21-22,34H,2-5,14-15H2,1H3,(H,32,33)/t16-,17?,18?,21?,22?/m1/s1. The normalized spacial score (nSPS) is 25.0. The maximum atomic E-state index is 13.9. The van der Waals surface area contributed by atoms with Crippen molar-refractivity contribution in [2.45, 2.75) is 69.5 Å². The van der Waals surface area contributed by atoms with Crippen molar-refractivity contribution in [3.8, 4) is 0 Å². The number of carbonyl (C=O) groups is 1. The van der Waals surface area contributed by atoms with Crippen LogP contribution in [0.5, 0.6) is 0 Å². The van der Waals surface area contributed by atoms with Crippen LogP contribution in [0, 0.1) is 11.7 Å². The van der Waals surface area contributed by atoms with Crippen molar-refractivity contribution < 1.29 is 19.0 Å². The van der Waals surface area contributed by atoms with E-state index in [0.29, 0.717) is 30.2 Å². The van der Waals surface area contributed by atoms with Crippen molar-refractivity contribution >= 4 is 27.9 Å². The molecule has 0 amide bonds. The molecule has 186 valence electrons. The predicted molar refractivity (Wildman–Crippen MR) is 135 cm³/mol. The Kier molecular flexibility index (Phi) is 5.96. The summed E-state index contributed by atoms with van der Waals surface area (Å²) in [5.41, 5.74) is 4.21. The molecule has 36 heavy (non-hydrogen) atoms. The Hall–Kier alpha value is -3.32. The van der Waals surface area contributed by atoms with Crippen LogP contribution in [0.3, 0.4) is 0 Å². The summed E-state index contributed by atoms with van der Waals surface area (Å²) in [5, 5.41) is 10.3. The molecule has 4 aromatic rings. The number of hydrogen-bond donors (Lipinski definition) is 2. The minimum atomic E-state index is -0.361. The maximum absolute atomic E-state index is 13.9. The summed E-state index contributed by atoms with van der Waals surface area (Å²) in [4.78, 5) is 25.1. The molecule has 2 aromatic heterocycles. The van der Waals surface area contributed by atoms with E-state index in [-0.39, 0.29) is 29.9 Å². The van der Waals surface area contributed by atoms with Crippen LogP contribution in [0.1, 0.15) is 79.0 Å². The number of H-pyrrole nitrogens is 1. The molecule has 2 N–H and O–H groups in total. The summed E-state index contributed by atoms with van der Waals surface area (Å²) in [6, 6.07) is 12.3. The summed E-state index contributed by atoms with van der Waals surface area (Å²) >= 11 is 0. The predicted octanol–water partition coefficient (Wildman–Crippen LogP) is 6.01. The number of imidazole rings is 1. The number of aliphatic hydroxyl groups excluding tert-OH is 1. The zero-order valence-corrected chi connectivity index (χ0v) is 20.3. The Bertz CT molecular complexity index is 1420. The summed E-state index contributed by atoms with van der Waals surface area (Å²) in [6.45, 7) is 2.22. The number of benzene rings is 2. The molecule has 0 aliphatic heterocycles. The molecule has 0 spiro atoms. The maximum Gasteiger partial charge on any atom is 0.338 e. The first-order chi connectivity index (χ1) is 17.4. The van der Waals surface area contributed by atoms with Crippen LogP contribution in [-0.2, 0) is 4.74 Å². The van der Waals surface area contributed by atoms with Gasteiger partial charge in [0.25, 0.3) is 0 Å². The molecule has 0 radical (unpaired) electrons. The molecule has 6 nitrogen and oxygen atoms in total. The Morgan fingerprint density at radius 3 is 2.64 bits per heavy atom. The number of aromatic nitrogens is 3. The lowest BCUT2D eigenvalue weighted by Crippen LogP contribution is -2.36. The fourth-order valence-corrected chi connectivity index (χ4v) is 5.87. The first kappa shape index (κ1) is 23.1. The monoisotopic (exact) mass is 487 g/mol. The third kappa shape index (κ3) is 4.37. The van der Waals surface area contributed by atoms with E-state index in [1.54, 1.807) is 24.3 Å². The van der Waals surface area contributed by atoms with Crippen LogP contribution in [-0.4, -0.2) is 38.2 Å². The smallest absolute Gasteiger partial charge is 0.338 e. The van der Waals surface area contributed by atoms with Gasteiger partial charge >= 0.3 is 5.97 Å². The minimum Gasteiger partial charge on any atom is -0.459 e. The molecule has 2 aliphatic rings. The highest BCUT2D eigenvalue weighted by Gasteiger charge is 2.31. The van der Waals surface area contributed by atoms with Crippen molar-refractivity contribution in [3.63, 3.8) is 0 Å². The van der Waals surface area contributed by atoms with Crippen molar-refractivity contribution in [1.29, 1.82) is 0 Å². The second-order valence-corrected chi connectivity index (χ2v) is 10.5. The third-order valence-corrected chi connectivity index (χ3v) is 8.17. The Balaban J connectivity index is 1.13. The number of hydrogen-bond acceptors (Lipinski definition) is 5. The number of nitrogens with zero attached hydrogens (tertiary/aromatic N) is 2. The van der Waals surface area contributed by atoms with Crippen LogP contribution in [0.25, 0.3) is 21.9 Å². The lowest BCUT2D eigenvalue weighted by Gasteiger charge is -2.32. The van der Waals surface area contributed by atoms with Crippen LogP contribution in [0.15, 0.2) is 48.7 Å². The molecule has 2 heterocycles. The van der Waals surface area contributed by atoms with Gasteiger partial charge in [0.2, 0.25) is 0 Å². The third-order valence-electron chi connectivity index (χ3n) is 8.17. The molecule has 1 atom stereocenters. The van der Waals surface area contributed by atoms with E-state index in [1.807, 2.05) is 18.3 Å². The van der Waals surface area contributed by atoms with Gasteiger partial charge in [-0.25, -0.2) is 14.2 Å². The number of halogens is 1. The van der Waals surface area contributed by atoms with Gasteiger partial charge in [0, 0.05) is 30.3 Å². The zero-order valence-electron chi connectivity index (χ0n) is 20.3. The van der Waals surface area contributed by atoms with Gasteiger partial charge in [-0.1, -0.05) is 6.92 Å². The van der Waals surface area contributed by atoms with E-state index < -0.39 is 0 Å². The van der Waals surface area contributed by atoms with E-state index in [0.717, 1.165) is 53.4 Å². The number of aliphatic hydroxyl groups is 1. The van der Waals surface area contributed by atoms with Crippen molar-refractivity contribution in [3.05, 3.63) is 71.4 Å². The second kappa shape index (κ2) is 9.28. The van der Waals surface area contributed by atoms with Gasteiger partial charge in [0.05, 0.1) is 28.2 Å². The minimum absolute atomic E-state index is 0.195. The highest BCUT2D eigenvalue weighted by atomic mass is 19.1. The SMILES string of the molecule is C[C@@H](c1nc2ccc(C(=O)OC3CC(O)C3)cc2[nH]1)C1CCC(c2ccnc3ccc(F)cc23)CC1. The summed E-state index contributed by atoms with van der Waals surface area (Å²) in [5.74, 6) is 1.53. The van der Waals surface area contributed by atoms with Crippen molar-refractivity contribution in [1.82, 2.24) is 15.0 Å². The van der Waals surface area contributed by atoms with E-state index in [2.05, 4.69) is 16.9 Å². The quantitative estimate of drug-likeness (QED) is 0.337. The summed E-state index contributed by atoms with van der Waals surface area (Å²) in [6.07, 6.45) is 6.56. The largest absolute Gasteiger partial charge is 0.459 e. The van der Waals surface area contributed by atoms with Crippen LogP contribution < -0.4 is 0 Å². The van der Waals surface area contributed by atoms with Gasteiger partial charge < -0.3 is 14.8 Å². The molecule has 2 aromatic carbocycles. The Morgan fingerprint density at radius 1 is 1.08 bits per heavy atom. The molecule has 0 saturated heterocycles. The molecule has 2 saturated carbocycles. The number of esters is 1. The molecule has 6 rings (SSSR count). The second-order valence-electron chi connectivity index (χ2n) is 10.5. The van der Waals surface area contributed by atoms with E-state index >= 15 is 0 Å². The van der Waals surface area contributed by atoms with Gasteiger partial charge in [-0.05, 0) is 85.5 Å². The zero-order chi connectivity index (χ0) is 24.8. The van der Waals surface area contributed by atoms with Crippen molar-refractivity contribution in [2.75, 3.05) is 0 Å². The number of pyridine rings is 1. The van der Waals surface area contributed by atoms with E-state index in [9.17, 15) is 14.3 Å². The first-order valence-electron chi connectivity index (χ1n) is 12.9. The van der Waals surface area contributed by atoms with Gasteiger partial charge in [0.1, 0.15) is 17.7 Å². The highest BCUT2D eigenvalue weighted by Crippen LogP contribution is 2.43. The van der Waals surface area contributed by atoms with Gasteiger partial charge in [0.15, 0.2) is 0 Å². The fourth-order valence-electron chi connectivity index (χ4n) is 5.87. The number of nitrogens with one attached hydrogen (secondary N) is 1. The lowest BCUT2D eigenvalue weighted by molar-refractivity contribution is -0.0466. The van der Waals surface area contributed by atoms with Gasteiger partial charge in [-0.2, -0.15) is 0 Å². The average Bonchev–Trinajstić information content (AvgIpc) is 3.30. The Labute approximate surface area is 208 Å². The molecular formula is C29H30FN3O3. The molecule has 2 aliphatic carbocycles. The number of rotatable bonds is 5. The first-order valence-corrected chi connectivity index (χ1v) is 12.9. The van der Waals surface area contributed by atoms with Gasteiger partial charge in [-0.3, -0.25) is 4.98 Å². The van der Waals surface area contributed by atoms with Crippen LogP contribution in [0.2, 0.25) is 0 Å². The molecular weight excluding hydrogens is 457 g/mol. The van der Waals surface area contributed by atoms with E-state index in [1.165, 1.54) is 11.6 Å².